The van der Waals surface area contributed by atoms with Crippen molar-refractivity contribution in [1.29, 1.82) is 0 Å². The molecule has 5 nitrogen and oxygen atoms in total. The van der Waals surface area contributed by atoms with Crippen molar-refractivity contribution < 1.29 is 4.79 Å². The topological polar surface area (TPSA) is 55.2 Å². The lowest BCUT2D eigenvalue weighted by atomic mass is 9.92. The van der Waals surface area contributed by atoms with Gasteiger partial charge in [0.1, 0.15) is 0 Å². The van der Waals surface area contributed by atoms with Gasteiger partial charge in [-0.15, -0.1) is 0 Å². The summed E-state index contributed by atoms with van der Waals surface area (Å²) in [6.45, 7) is 8.38. The second-order valence-electron chi connectivity index (χ2n) is 7.87. The lowest BCUT2D eigenvalue weighted by Gasteiger charge is -2.30. The summed E-state index contributed by atoms with van der Waals surface area (Å²) in [5.74, 6) is 0.817. The van der Waals surface area contributed by atoms with Crippen LogP contribution in [0.15, 0.2) is 16.0 Å². The molecule has 1 aromatic heterocycles. The van der Waals surface area contributed by atoms with Crippen molar-refractivity contribution in [2.45, 2.75) is 63.6 Å². The van der Waals surface area contributed by atoms with Crippen molar-refractivity contribution >= 4 is 17.7 Å². The van der Waals surface area contributed by atoms with Gasteiger partial charge in [-0.25, -0.2) is 4.98 Å². The molecule has 3 heterocycles. The largest absolute Gasteiger partial charge is 0.342 e. The highest BCUT2D eigenvalue weighted by Crippen LogP contribution is 2.29. The number of aromatic nitrogens is 2. The van der Waals surface area contributed by atoms with Gasteiger partial charge in [0.05, 0.1) is 11.6 Å². The minimum Gasteiger partial charge on any atom is -0.342 e. The average molecular weight is 350 g/mol. The Morgan fingerprint density at radius 1 is 1.21 bits per heavy atom. The van der Waals surface area contributed by atoms with E-state index in [0.29, 0.717) is 6.54 Å². The molecule has 0 N–H and O–H groups in total. The van der Waals surface area contributed by atoms with Gasteiger partial charge in [0.25, 0.3) is 5.56 Å². The van der Waals surface area contributed by atoms with E-state index in [1.165, 1.54) is 12.8 Å². The molecule has 0 aliphatic carbocycles. The first-order chi connectivity index (χ1) is 11.4. The molecule has 0 bridgehead atoms. The summed E-state index contributed by atoms with van der Waals surface area (Å²) in [7, 11) is 0. The zero-order chi connectivity index (χ0) is 17.3. The van der Waals surface area contributed by atoms with Gasteiger partial charge in [0.15, 0.2) is 5.16 Å². The fourth-order valence-electron chi connectivity index (χ4n) is 3.29. The van der Waals surface area contributed by atoms with Crippen molar-refractivity contribution in [2.24, 2.45) is 5.92 Å². The number of likely N-dealkylation sites (tertiary alicyclic amines) is 1. The number of carbonyl (C=O) groups is 1. The van der Waals surface area contributed by atoms with Gasteiger partial charge in [-0.05, 0) is 12.8 Å². The number of hydrogen-bond acceptors (Lipinski definition) is 4. The van der Waals surface area contributed by atoms with E-state index in [2.05, 4.69) is 25.8 Å². The lowest BCUT2D eigenvalue weighted by Crippen LogP contribution is -2.43. The van der Waals surface area contributed by atoms with Crippen LogP contribution in [0.5, 0.6) is 0 Å². The molecule has 0 radical (unpaired) electrons. The van der Waals surface area contributed by atoms with Crippen LogP contribution in [0.2, 0.25) is 0 Å². The van der Waals surface area contributed by atoms with Gasteiger partial charge < -0.3 is 4.90 Å². The number of thioether (sulfide) groups is 1. The van der Waals surface area contributed by atoms with E-state index >= 15 is 0 Å². The SMILES string of the molecule is CC(C)(C)c1cc(=O)n2c(n1)SCC(C(=O)N1CCCCCC1)C2. The van der Waals surface area contributed by atoms with Crippen molar-refractivity contribution in [2.75, 3.05) is 18.8 Å². The Morgan fingerprint density at radius 2 is 1.88 bits per heavy atom. The second-order valence-corrected chi connectivity index (χ2v) is 8.86. The Hall–Kier alpha value is -1.30. The normalized spacial score (nSPS) is 22.0. The number of carbonyl (C=O) groups excluding carboxylic acids is 1. The molecular formula is C18H27N3O2S. The predicted molar refractivity (Wildman–Crippen MR) is 96.5 cm³/mol. The highest BCUT2D eigenvalue weighted by molar-refractivity contribution is 7.99. The maximum absolute atomic E-state index is 12.8. The summed E-state index contributed by atoms with van der Waals surface area (Å²) in [5.41, 5.74) is 0.642. The third-order valence-corrected chi connectivity index (χ3v) is 5.96. The van der Waals surface area contributed by atoms with Crippen molar-refractivity contribution in [3.63, 3.8) is 0 Å². The highest BCUT2D eigenvalue weighted by Gasteiger charge is 2.31. The van der Waals surface area contributed by atoms with Gasteiger partial charge in [-0.1, -0.05) is 45.4 Å². The first kappa shape index (κ1) is 17.5. The van der Waals surface area contributed by atoms with Crippen LogP contribution in [0.1, 0.15) is 52.1 Å². The van der Waals surface area contributed by atoms with E-state index < -0.39 is 0 Å². The summed E-state index contributed by atoms with van der Waals surface area (Å²) >= 11 is 1.54. The quantitative estimate of drug-likeness (QED) is 0.732. The number of amides is 1. The predicted octanol–water partition coefficient (Wildman–Crippen LogP) is 2.67. The van der Waals surface area contributed by atoms with E-state index in [1.54, 1.807) is 22.4 Å². The first-order valence-electron chi connectivity index (χ1n) is 8.90. The lowest BCUT2D eigenvalue weighted by molar-refractivity contribution is -0.135. The minimum absolute atomic E-state index is 0.0363. The maximum atomic E-state index is 12.8. The maximum Gasteiger partial charge on any atom is 0.254 e. The fraction of sp³-hybridized carbons (Fsp3) is 0.722. The number of nitrogens with zero attached hydrogens (tertiary/aromatic N) is 3. The number of rotatable bonds is 1. The Bertz CT molecular complexity index is 670. The molecule has 1 fully saturated rings. The molecule has 2 aliphatic heterocycles. The summed E-state index contributed by atoms with van der Waals surface area (Å²) in [5, 5.41) is 0.757. The molecule has 1 amide bonds. The van der Waals surface area contributed by atoms with Gasteiger partial charge >= 0.3 is 0 Å². The fourth-order valence-corrected chi connectivity index (χ4v) is 4.38. The van der Waals surface area contributed by atoms with Crippen LogP contribution in [-0.2, 0) is 16.8 Å². The van der Waals surface area contributed by atoms with Crippen LogP contribution in [-0.4, -0.2) is 39.2 Å². The number of hydrogen-bond donors (Lipinski definition) is 0. The van der Waals surface area contributed by atoms with Gasteiger partial charge in [0, 0.05) is 36.9 Å². The smallest absolute Gasteiger partial charge is 0.254 e. The van der Waals surface area contributed by atoms with E-state index in [4.69, 9.17) is 0 Å². The molecule has 24 heavy (non-hydrogen) atoms. The monoisotopic (exact) mass is 349 g/mol. The summed E-state index contributed by atoms with van der Waals surface area (Å²) in [6.07, 6.45) is 4.62. The van der Waals surface area contributed by atoms with Crippen molar-refractivity contribution in [3.8, 4) is 0 Å². The zero-order valence-electron chi connectivity index (χ0n) is 14.9. The Morgan fingerprint density at radius 3 is 2.50 bits per heavy atom. The molecule has 0 aromatic carbocycles. The molecular weight excluding hydrogens is 322 g/mol. The van der Waals surface area contributed by atoms with Gasteiger partial charge in [0.2, 0.25) is 5.91 Å². The molecule has 132 valence electrons. The first-order valence-corrected chi connectivity index (χ1v) is 9.89. The summed E-state index contributed by atoms with van der Waals surface area (Å²) in [6, 6.07) is 1.63. The van der Waals surface area contributed by atoms with Crippen LogP contribution in [0.3, 0.4) is 0 Å². The molecule has 1 atom stereocenters. The van der Waals surface area contributed by atoms with E-state index in [-0.39, 0.29) is 22.8 Å². The standard InChI is InChI=1S/C18H27N3O2S/c1-18(2,3)14-10-15(22)21-11-13(12-24-17(21)19-14)16(23)20-8-6-4-5-7-9-20/h10,13H,4-9,11-12H2,1-3H3. The van der Waals surface area contributed by atoms with Crippen LogP contribution >= 0.6 is 11.8 Å². The minimum atomic E-state index is -0.145. The summed E-state index contributed by atoms with van der Waals surface area (Å²) < 4.78 is 1.68. The Balaban J connectivity index is 1.79. The molecule has 2 aliphatic rings. The Labute approximate surface area is 147 Å². The van der Waals surface area contributed by atoms with Crippen molar-refractivity contribution in [1.82, 2.24) is 14.5 Å². The van der Waals surface area contributed by atoms with Crippen LogP contribution in [0.25, 0.3) is 0 Å². The molecule has 1 saturated heterocycles. The number of fused-ring (bicyclic) bond motifs is 1. The molecule has 0 spiro atoms. The second kappa shape index (κ2) is 6.90. The van der Waals surface area contributed by atoms with Crippen molar-refractivity contribution in [3.05, 3.63) is 22.1 Å². The van der Waals surface area contributed by atoms with Crippen LogP contribution in [0, 0.1) is 5.92 Å². The highest BCUT2D eigenvalue weighted by atomic mass is 32.2. The average Bonchev–Trinajstić information content (AvgIpc) is 2.82. The van der Waals surface area contributed by atoms with Crippen LogP contribution < -0.4 is 5.56 Å². The third kappa shape index (κ3) is 3.68. The molecule has 1 unspecified atom stereocenters. The van der Waals surface area contributed by atoms with E-state index in [1.807, 2.05) is 4.90 Å². The Kier molecular flexibility index (Phi) is 5.04. The molecule has 1 aromatic rings. The zero-order valence-corrected chi connectivity index (χ0v) is 15.7. The molecule has 0 saturated carbocycles. The van der Waals surface area contributed by atoms with E-state index in [0.717, 1.165) is 42.5 Å². The van der Waals surface area contributed by atoms with Gasteiger partial charge in [-0.3, -0.25) is 14.2 Å². The third-order valence-electron chi connectivity index (χ3n) is 4.83. The van der Waals surface area contributed by atoms with Gasteiger partial charge in [-0.2, -0.15) is 0 Å². The molecule has 3 rings (SSSR count). The van der Waals surface area contributed by atoms with Crippen LogP contribution in [0.4, 0.5) is 0 Å². The summed E-state index contributed by atoms with van der Waals surface area (Å²) in [4.78, 5) is 32.0. The molecule has 6 heteroatoms. The van der Waals surface area contributed by atoms with E-state index in [9.17, 15) is 9.59 Å².